The standard InChI is InChI=1S/C20H20ClNOS2/c1-11-6-7-13-14-10-24-19(9-18(14)25-17(13)8-11)20(23)22-16-5-3-4-15(21)12(16)2/h3-5,9,11H,6-8,10H2,1-2H3,(H,22,23)/t11-/m0/s1. The van der Waals surface area contributed by atoms with Gasteiger partial charge in [-0.15, -0.1) is 23.1 Å². The van der Waals surface area contributed by atoms with Crippen LogP contribution in [0.3, 0.4) is 0 Å². The van der Waals surface area contributed by atoms with Crippen LogP contribution in [0, 0.1) is 12.8 Å². The predicted octanol–water partition coefficient (Wildman–Crippen LogP) is 6.06. The van der Waals surface area contributed by atoms with Crippen molar-refractivity contribution < 1.29 is 4.79 Å². The second-order valence-corrected chi connectivity index (χ2v) is 9.42. The maximum Gasteiger partial charge on any atom is 0.262 e. The Kier molecular flexibility index (Phi) is 4.69. The number of halogens is 1. The van der Waals surface area contributed by atoms with Crippen molar-refractivity contribution in [3.05, 3.63) is 54.6 Å². The number of fused-ring (bicyclic) bond motifs is 3. The van der Waals surface area contributed by atoms with E-state index in [0.717, 1.165) is 27.8 Å². The van der Waals surface area contributed by atoms with Gasteiger partial charge >= 0.3 is 0 Å². The minimum absolute atomic E-state index is 0.0410. The van der Waals surface area contributed by atoms with E-state index in [1.54, 1.807) is 17.3 Å². The number of benzene rings is 1. The largest absolute Gasteiger partial charge is 0.321 e. The molecule has 1 atom stereocenters. The molecular formula is C20H20ClNOS2. The van der Waals surface area contributed by atoms with Crippen LogP contribution >= 0.6 is 34.7 Å². The molecule has 0 spiro atoms. The molecule has 0 bridgehead atoms. The topological polar surface area (TPSA) is 29.1 Å². The van der Waals surface area contributed by atoms with Gasteiger partial charge in [0.05, 0.1) is 4.91 Å². The lowest BCUT2D eigenvalue weighted by Gasteiger charge is -2.20. The number of nitrogens with one attached hydrogen (secondary N) is 1. The number of thiophene rings is 1. The monoisotopic (exact) mass is 389 g/mol. The molecule has 2 aromatic rings. The Balaban J connectivity index is 1.59. The minimum atomic E-state index is -0.0410. The van der Waals surface area contributed by atoms with Gasteiger partial charge in [0.1, 0.15) is 0 Å². The van der Waals surface area contributed by atoms with Crippen LogP contribution in [0.25, 0.3) is 6.08 Å². The number of rotatable bonds is 2. The van der Waals surface area contributed by atoms with Gasteiger partial charge in [-0.05, 0) is 67.0 Å². The zero-order valence-electron chi connectivity index (χ0n) is 14.3. The van der Waals surface area contributed by atoms with Crippen molar-refractivity contribution in [2.24, 2.45) is 5.92 Å². The summed E-state index contributed by atoms with van der Waals surface area (Å²) in [5, 5.41) is 3.68. The first-order chi connectivity index (χ1) is 12.0. The zero-order chi connectivity index (χ0) is 17.6. The quantitative estimate of drug-likeness (QED) is 0.676. The van der Waals surface area contributed by atoms with Crippen LogP contribution in [0.15, 0.2) is 23.1 Å². The summed E-state index contributed by atoms with van der Waals surface area (Å²) < 4.78 is 0. The van der Waals surface area contributed by atoms with Gasteiger partial charge in [0.25, 0.3) is 5.91 Å². The SMILES string of the molecule is Cc1c(Cl)cccc1NC(=O)C1=Cc2sc3c(c2CS1)CC[C@H](C)C3. The van der Waals surface area contributed by atoms with Crippen molar-refractivity contribution >= 4 is 52.4 Å². The van der Waals surface area contributed by atoms with Crippen molar-refractivity contribution in [1.82, 2.24) is 0 Å². The van der Waals surface area contributed by atoms with Gasteiger partial charge in [-0.1, -0.05) is 24.6 Å². The van der Waals surface area contributed by atoms with Crippen molar-refractivity contribution in [2.75, 3.05) is 5.32 Å². The molecule has 0 fully saturated rings. The fraction of sp³-hybridized carbons (Fsp3) is 0.350. The average molecular weight is 390 g/mol. The van der Waals surface area contributed by atoms with Gasteiger partial charge in [0.2, 0.25) is 0 Å². The van der Waals surface area contributed by atoms with Crippen LogP contribution in [0.2, 0.25) is 5.02 Å². The third-order valence-electron chi connectivity index (χ3n) is 5.03. The van der Waals surface area contributed by atoms with E-state index in [2.05, 4.69) is 18.3 Å². The van der Waals surface area contributed by atoms with Crippen molar-refractivity contribution in [2.45, 2.75) is 38.9 Å². The Bertz CT molecular complexity index is 884. The molecule has 1 aromatic carbocycles. The third-order valence-corrected chi connectivity index (χ3v) is 7.73. The molecule has 5 heteroatoms. The number of carbonyl (C=O) groups excluding carboxylic acids is 1. The lowest BCUT2D eigenvalue weighted by atomic mass is 9.88. The molecule has 0 unspecified atom stereocenters. The lowest BCUT2D eigenvalue weighted by Crippen LogP contribution is -2.15. The van der Waals surface area contributed by atoms with Crippen LogP contribution in [0.4, 0.5) is 5.69 Å². The van der Waals surface area contributed by atoms with Crippen molar-refractivity contribution in [1.29, 1.82) is 0 Å². The Morgan fingerprint density at radius 2 is 2.16 bits per heavy atom. The molecule has 4 rings (SSSR count). The molecule has 0 saturated carbocycles. The average Bonchev–Trinajstić information content (AvgIpc) is 2.95. The van der Waals surface area contributed by atoms with E-state index in [-0.39, 0.29) is 5.91 Å². The molecule has 1 aliphatic heterocycles. The van der Waals surface area contributed by atoms with E-state index in [9.17, 15) is 4.79 Å². The van der Waals surface area contributed by atoms with E-state index < -0.39 is 0 Å². The van der Waals surface area contributed by atoms with Crippen molar-refractivity contribution in [3.8, 4) is 0 Å². The molecule has 130 valence electrons. The highest BCUT2D eigenvalue weighted by Crippen LogP contribution is 2.43. The molecule has 0 saturated heterocycles. The summed E-state index contributed by atoms with van der Waals surface area (Å²) in [5.74, 6) is 1.64. The number of carbonyl (C=O) groups is 1. The van der Waals surface area contributed by atoms with E-state index in [0.29, 0.717) is 5.02 Å². The first-order valence-electron chi connectivity index (χ1n) is 8.57. The summed E-state index contributed by atoms with van der Waals surface area (Å²) in [5.41, 5.74) is 4.71. The van der Waals surface area contributed by atoms with Crippen LogP contribution in [-0.2, 0) is 23.4 Å². The van der Waals surface area contributed by atoms with Gasteiger partial charge in [0, 0.05) is 26.2 Å². The highest BCUT2D eigenvalue weighted by atomic mass is 35.5. The summed E-state index contributed by atoms with van der Waals surface area (Å²) in [6.07, 6.45) is 5.74. The molecular weight excluding hydrogens is 370 g/mol. The number of hydrogen-bond acceptors (Lipinski definition) is 3. The Morgan fingerprint density at radius 1 is 1.32 bits per heavy atom. The Labute approximate surface area is 161 Å². The smallest absolute Gasteiger partial charge is 0.262 e. The van der Waals surface area contributed by atoms with Crippen molar-refractivity contribution in [3.63, 3.8) is 0 Å². The van der Waals surface area contributed by atoms with Gasteiger partial charge in [-0.2, -0.15) is 0 Å². The molecule has 2 heterocycles. The number of thioether (sulfide) groups is 1. The number of anilines is 1. The van der Waals surface area contributed by atoms with E-state index in [1.807, 2.05) is 36.5 Å². The predicted molar refractivity (Wildman–Crippen MR) is 110 cm³/mol. The van der Waals surface area contributed by atoms with Gasteiger partial charge in [-0.25, -0.2) is 0 Å². The van der Waals surface area contributed by atoms with Crippen LogP contribution in [0.1, 0.15) is 39.8 Å². The van der Waals surface area contributed by atoms with Crippen LogP contribution in [0.5, 0.6) is 0 Å². The van der Waals surface area contributed by atoms with E-state index in [4.69, 9.17) is 11.6 Å². The first kappa shape index (κ1) is 17.2. The molecule has 1 aliphatic carbocycles. The maximum absolute atomic E-state index is 12.7. The van der Waals surface area contributed by atoms with Gasteiger partial charge in [0.15, 0.2) is 0 Å². The van der Waals surface area contributed by atoms with Gasteiger partial charge < -0.3 is 5.32 Å². The Morgan fingerprint density at radius 3 is 3.00 bits per heavy atom. The third kappa shape index (κ3) is 3.27. The van der Waals surface area contributed by atoms with E-state index in [1.165, 1.54) is 34.6 Å². The fourth-order valence-corrected chi connectivity index (χ4v) is 6.31. The zero-order valence-corrected chi connectivity index (χ0v) is 16.7. The van der Waals surface area contributed by atoms with Gasteiger partial charge in [-0.3, -0.25) is 4.79 Å². The fourth-order valence-electron chi connectivity index (χ4n) is 3.48. The lowest BCUT2D eigenvalue weighted by molar-refractivity contribution is -0.112. The highest BCUT2D eigenvalue weighted by molar-refractivity contribution is 8.03. The molecule has 1 amide bonds. The summed E-state index contributed by atoms with van der Waals surface area (Å²) in [6, 6.07) is 5.59. The molecule has 2 nitrogen and oxygen atoms in total. The summed E-state index contributed by atoms with van der Waals surface area (Å²) in [6.45, 7) is 4.26. The second kappa shape index (κ2) is 6.82. The van der Waals surface area contributed by atoms with Crippen LogP contribution in [-0.4, -0.2) is 5.91 Å². The molecule has 25 heavy (non-hydrogen) atoms. The number of amides is 1. The summed E-state index contributed by atoms with van der Waals surface area (Å²) >= 11 is 9.68. The summed E-state index contributed by atoms with van der Waals surface area (Å²) in [4.78, 5) is 16.3. The molecule has 0 radical (unpaired) electrons. The minimum Gasteiger partial charge on any atom is -0.321 e. The highest BCUT2D eigenvalue weighted by Gasteiger charge is 2.27. The first-order valence-corrected chi connectivity index (χ1v) is 10.8. The molecule has 1 aromatic heterocycles. The number of hydrogen-bond donors (Lipinski definition) is 1. The van der Waals surface area contributed by atoms with E-state index >= 15 is 0 Å². The summed E-state index contributed by atoms with van der Waals surface area (Å²) in [7, 11) is 0. The normalized spacial score (nSPS) is 19.0. The van der Waals surface area contributed by atoms with Crippen LogP contribution < -0.4 is 5.32 Å². The molecule has 2 aliphatic rings. The maximum atomic E-state index is 12.7. The second-order valence-electron chi connectivity index (χ2n) is 6.86. The molecule has 1 N–H and O–H groups in total. The Hall–Kier alpha value is -1.23.